The highest BCUT2D eigenvalue weighted by Crippen LogP contribution is 2.30. The number of rotatable bonds is 4. The molecule has 2 aromatic heterocycles. The van der Waals surface area contributed by atoms with Crippen molar-refractivity contribution >= 4 is 40.0 Å². The number of aromatic amines is 1. The predicted octanol–water partition coefficient (Wildman–Crippen LogP) is 3.37. The molecule has 3 N–H and O–H groups in total. The van der Waals surface area contributed by atoms with Crippen molar-refractivity contribution in [2.75, 3.05) is 5.32 Å². The van der Waals surface area contributed by atoms with Crippen molar-refractivity contribution in [3.63, 3.8) is 0 Å². The van der Waals surface area contributed by atoms with Gasteiger partial charge in [0.15, 0.2) is 0 Å². The maximum absolute atomic E-state index is 12.4. The summed E-state index contributed by atoms with van der Waals surface area (Å²) in [5, 5.41) is 5.13. The quantitative estimate of drug-likeness (QED) is 0.572. The van der Waals surface area contributed by atoms with Crippen LogP contribution in [0.5, 0.6) is 5.75 Å². The summed E-state index contributed by atoms with van der Waals surface area (Å²) in [6.07, 6.45) is -0.299. The SMILES string of the molecule is O=C(NCc1ccc(Cl)c(OC(F)(F)F)c1)C(=O)Nc1c[nH]c2ccncc12. The van der Waals surface area contributed by atoms with E-state index in [9.17, 15) is 22.8 Å². The summed E-state index contributed by atoms with van der Waals surface area (Å²) in [6, 6.07) is 5.32. The summed E-state index contributed by atoms with van der Waals surface area (Å²) in [6.45, 7) is -0.201. The third kappa shape index (κ3) is 4.71. The van der Waals surface area contributed by atoms with Gasteiger partial charge < -0.3 is 20.4 Å². The van der Waals surface area contributed by atoms with Crippen LogP contribution in [0.15, 0.2) is 42.9 Å². The zero-order chi connectivity index (χ0) is 20.3. The second-order valence-corrected chi connectivity index (χ2v) is 5.98. The topological polar surface area (TPSA) is 96.1 Å². The summed E-state index contributed by atoms with van der Waals surface area (Å²) in [4.78, 5) is 30.9. The van der Waals surface area contributed by atoms with Crippen molar-refractivity contribution in [3.05, 3.63) is 53.4 Å². The molecule has 7 nitrogen and oxygen atoms in total. The lowest BCUT2D eigenvalue weighted by Crippen LogP contribution is -2.34. The molecule has 0 aliphatic rings. The lowest BCUT2D eigenvalue weighted by Gasteiger charge is -2.12. The number of hydrogen-bond acceptors (Lipinski definition) is 4. The normalized spacial score (nSPS) is 11.3. The predicted molar refractivity (Wildman–Crippen MR) is 94.7 cm³/mol. The molecular formula is C17H12ClF3N4O3. The number of fused-ring (bicyclic) bond motifs is 1. The monoisotopic (exact) mass is 412 g/mol. The molecule has 0 unspecified atom stereocenters. The number of carbonyl (C=O) groups is 2. The number of amides is 2. The number of alkyl halides is 3. The summed E-state index contributed by atoms with van der Waals surface area (Å²) >= 11 is 5.66. The third-order valence-electron chi connectivity index (χ3n) is 3.61. The largest absolute Gasteiger partial charge is 0.573 e. The number of anilines is 1. The molecule has 0 fully saturated rings. The molecule has 0 bridgehead atoms. The third-order valence-corrected chi connectivity index (χ3v) is 3.92. The minimum absolute atomic E-state index is 0.201. The van der Waals surface area contributed by atoms with E-state index >= 15 is 0 Å². The maximum Gasteiger partial charge on any atom is 0.573 e. The highest BCUT2D eigenvalue weighted by molar-refractivity contribution is 6.40. The van der Waals surface area contributed by atoms with E-state index in [0.717, 1.165) is 11.6 Å². The van der Waals surface area contributed by atoms with Gasteiger partial charge in [0.05, 0.1) is 16.2 Å². The highest BCUT2D eigenvalue weighted by Gasteiger charge is 2.32. The van der Waals surface area contributed by atoms with Crippen LogP contribution in [0.2, 0.25) is 5.02 Å². The summed E-state index contributed by atoms with van der Waals surface area (Å²) in [7, 11) is 0. The Morgan fingerprint density at radius 2 is 2.00 bits per heavy atom. The van der Waals surface area contributed by atoms with Gasteiger partial charge in [0.25, 0.3) is 0 Å². The summed E-state index contributed by atoms with van der Waals surface area (Å²) in [5.41, 5.74) is 1.36. The van der Waals surface area contributed by atoms with E-state index in [4.69, 9.17) is 11.6 Å². The summed E-state index contributed by atoms with van der Waals surface area (Å²) in [5.74, 6) is -2.51. The molecule has 0 aliphatic carbocycles. The maximum atomic E-state index is 12.4. The number of nitrogens with zero attached hydrogens (tertiary/aromatic N) is 1. The number of benzene rings is 1. The Labute approximate surface area is 160 Å². The van der Waals surface area contributed by atoms with Crippen LogP contribution in [0.25, 0.3) is 10.9 Å². The van der Waals surface area contributed by atoms with Crippen molar-refractivity contribution in [2.45, 2.75) is 12.9 Å². The van der Waals surface area contributed by atoms with Crippen molar-refractivity contribution < 1.29 is 27.5 Å². The first-order valence-corrected chi connectivity index (χ1v) is 8.15. The van der Waals surface area contributed by atoms with Crippen molar-refractivity contribution in [3.8, 4) is 5.75 Å². The molecule has 0 spiro atoms. The van der Waals surface area contributed by atoms with Crippen LogP contribution in [0.4, 0.5) is 18.9 Å². The van der Waals surface area contributed by atoms with Crippen molar-refractivity contribution in [2.24, 2.45) is 0 Å². The van der Waals surface area contributed by atoms with Crippen LogP contribution >= 0.6 is 11.6 Å². The van der Waals surface area contributed by atoms with Gasteiger partial charge in [0.2, 0.25) is 0 Å². The van der Waals surface area contributed by atoms with Crippen LogP contribution in [-0.4, -0.2) is 28.1 Å². The molecule has 146 valence electrons. The second-order valence-electron chi connectivity index (χ2n) is 5.57. The number of aromatic nitrogens is 2. The Bertz CT molecular complexity index is 1040. The van der Waals surface area contributed by atoms with Crippen LogP contribution in [0.1, 0.15) is 5.56 Å². The van der Waals surface area contributed by atoms with Gasteiger partial charge in [-0.1, -0.05) is 17.7 Å². The van der Waals surface area contributed by atoms with E-state index < -0.39 is 23.9 Å². The fraction of sp³-hybridized carbons (Fsp3) is 0.118. The number of carbonyl (C=O) groups excluding carboxylic acids is 2. The number of pyridine rings is 1. The first-order chi connectivity index (χ1) is 13.2. The van der Waals surface area contributed by atoms with E-state index in [0.29, 0.717) is 11.1 Å². The van der Waals surface area contributed by atoms with Gasteiger partial charge in [0.1, 0.15) is 5.75 Å². The Kier molecular flexibility index (Phi) is 5.41. The Morgan fingerprint density at radius 3 is 2.75 bits per heavy atom. The zero-order valence-corrected chi connectivity index (χ0v) is 14.7. The molecular weight excluding hydrogens is 401 g/mol. The number of hydrogen-bond donors (Lipinski definition) is 3. The van der Waals surface area contributed by atoms with E-state index in [-0.39, 0.29) is 17.1 Å². The van der Waals surface area contributed by atoms with E-state index in [1.165, 1.54) is 24.5 Å². The number of halogens is 4. The molecule has 0 aliphatic heterocycles. The molecule has 0 saturated carbocycles. The van der Waals surface area contributed by atoms with Gasteiger partial charge >= 0.3 is 18.2 Å². The molecule has 0 atom stereocenters. The van der Waals surface area contributed by atoms with Crippen LogP contribution < -0.4 is 15.4 Å². The van der Waals surface area contributed by atoms with Gasteiger partial charge in [-0.05, 0) is 23.8 Å². The first-order valence-electron chi connectivity index (χ1n) is 7.77. The van der Waals surface area contributed by atoms with Gasteiger partial charge in [-0.2, -0.15) is 0 Å². The second kappa shape index (κ2) is 7.77. The Balaban J connectivity index is 1.62. The fourth-order valence-electron chi connectivity index (χ4n) is 2.37. The first kappa shape index (κ1) is 19.5. The molecule has 3 aromatic rings. The van der Waals surface area contributed by atoms with E-state index in [1.54, 1.807) is 12.3 Å². The van der Waals surface area contributed by atoms with E-state index in [2.05, 4.69) is 25.3 Å². The van der Waals surface area contributed by atoms with Gasteiger partial charge in [-0.25, -0.2) is 0 Å². The fourth-order valence-corrected chi connectivity index (χ4v) is 2.52. The molecule has 1 aromatic carbocycles. The van der Waals surface area contributed by atoms with Crippen LogP contribution in [0, 0.1) is 0 Å². The average Bonchev–Trinajstić information content (AvgIpc) is 3.04. The summed E-state index contributed by atoms with van der Waals surface area (Å²) < 4.78 is 40.9. The standard InChI is InChI=1S/C17H12ClF3N4O3/c18-11-2-1-9(5-14(11)28-17(19,20)21)6-24-15(26)16(27)25-13-8-23-12-3-4-22-7-10(12)13/h1-5,7-8,23H,6H2,(H,24,26)(H,25,27). The van der Waals surface area contributed by atoms with Gasteiger partial charge in [-0.3, -0.25) is 14.6 Å². The van der Waals surface area contributed by atoms with Gasteiger partial charge in [0, 0.05) is 30.5 Å². The zero-order valence-electron chi connectivity index (χ0n) is 13.9. The lowest BCUT2D eigenvalue weighted by atomic mass is 10.2. The number of ether oxygens (including phenoxy) is 1. The minimum atomic E-state index is -4.90. The molecule has 3 rings (SSSR count). The lowest BCUT2D eigenvalue weighted by molar-refractivity contribution is -0.274. The van der Waals surface area contributed by atoms with Crippen LogP contribution in [0.3, 0.4) is 0 Å². The minimum Gasteiger partial charge on any atom is -0.404 e. The smallest absolute Gasteiger partial charge is 0.404 e. The molecule has 0 radical (unpaired) electrons. The molecule has 2 amide bonds. The van der Waals surface area contributed by atoms with Gasteiger partial charge in [-0.15, -0.1) is 13.2 Å². The Morgan fingerprint density at radius 1 is 1.21 bits per heavy atom. The van der Waals surface area contributed by atoms with Crippen molar-refractivity contribution in [1.82, 2.24) is 15.3 Å². The van der Waals surface area contributed by atoms with Crippen molar-refractivity contribution in [1.29, 1.82) is 0 Å². The molecule has 28 heavy (non-hydrogen) atoms. The van der Waals surface area contributed by atoms with E-state index in [1.807, 2.05) is 0 Å². The average molecular weight is 413 g/mol. The number of H-pyrrole nitrogens is 1. The Hall–Kier alpha value is -3.27. The highest BCUT2D eigenvalue weighted by atomic mass is 35.5. The molecule has 11 heteroatoms. The number of nitrogens with one attached hydrogen (secondary N) is 3. The van der Waals surface area contributed by atoms with Crippen LogP contribution in [-0.2, 0) is 16.1 Å². The molecule has 0 saturated heterocycles. The molecule has 2 heterocycles.